The first-order valence-electron chi connectivity index (χ1n) is 28.9. The van der Waals surface area contributed by atoms with Gasteiger partial charge in [0.05, 0.1) is 29.6 Å². The average Bonchev–Trinajstić information content (AvgIpc) is 2.64. The van der Waals surface area contributed by atoms with E-state index in [0.29, 0.717) is 49.2 Å². The third kappa shape index (κ3) is 14.7. The highest BCUT2D eigenvalue weighted by Crippen LogP contribution is 2.42. The van der Waals surface area contributed by atoms with Crippen molar-refractivity contribution in [3.8, 4) is 40.0 Å². The number of hydrogen-bond acceptors (Lipinski definition) is 10. The molecule has 17 nitrogen and oxygen atoms in total. The van der Waals surface area contributed by atoms with Crippen LogP contribution in [0.3, 0.4) is 0 Å². The minimum absolute atomic E-state index is 0.0149. The number of nitrogens with one attached hydrogen (secondary N) is 5. The number of amides is 5. The van der Waals surface area contributed by atoms with Crippen LogP contribution in [-0.2, 0) is 37.1 Å². The second-order valence-electron chi connectivity index (χ2n) is 23.4. The Balaban J connectivity index is 0.728. The van der Waals surface area contributed by atoms with Gasteiger partial charge in [-0.25, -0.2) is 9.37 Å². The number of alkyl halides is 1. The van der Waals surface area contributed by atoms with Gasteiger partial charge in [0.25, 0.3) is 11.8 Å². The molecule has 6 aromatic rings. The number of carbonyl (C=O) groups excluding carboxylic acids is 5. The van der Waals surface area contributed by atoms with Crippen LogP contribution in [0.5, 0.6) is 5.75 Å². The third-order valence-electron chi connectivity index (χ3n) is 15.8. The molecule has 18 heteroatoms. The number of aliphatic hydroxyl groups excluding tert-OH is 2. The molecule has 3 atom stereocenters. The van der Waals surface area contributed by atoms with Gasteiger partial charge in [0.15, 0.2) is 12.3 Å². The first-order chi connectivity index (χ1) is 39.9. The summed E-state index contributed by atoms with van der Waals surface area (Å²) in [7, 11) is 0. The van der Waals surface area contributed by atoms with Gasteiger partial charge in [0.1, 0.15) is 29.0 Å². The summed E-state index contributed by atoms with van der Waals surface area (Å²) in [6.45, 7) is 7.64. The fourth-order valence-electron chi connectivity index (χ4n) is 11.0. The van der Waals surface area contributed by atoms with Gasteiger partial charge in [0, 0.05) is 74.7 Å². The van der Waals surface area contributed by atoms with Crippen molar-refractivity contribution in [2.24, 2.45) is 5.41 Å². The van der Waals surface area contributed by atoms with Crippen LogP contribution in [0.2, 0.25) is 0 Å². The molecule has 4 aromatic carbocycles. The van der Waals surface area contributed by atoms with Gasteiger partial charge in [-0.05, 0) is 104 Å². The number of hydrogen-bond donors (Lipinski definition) is 7. The lowest BCUT2D eigenvalue weighted by molar-refractivity contribution is -0.145. The highest BCUT2D eigenvalue weighted by atomic mass is 19.1. The van der Waals surface area contributed by atoms with E-state index in [-0.39, 0.29) is 70.0 Å². The van der Waals surface area contributed by atoms with Crippen molar-refractivity contribution in [1.29, 1.82) is 5.41 Å². The van der Waals surface area contributed by atoms with Gasteiger partial charge in [-0.3, -0.25) is 29.4 Å². The quantitative estimate of drug-likeness (QED) is 0.0282. The molecule has 7 N–H and O–H groups in total. The number of β-amino-alcohol motifs (C(OH)–C–C–N with tert-alkyl or cyclic N) is 1. The van der Waals surface area contributed by atoms with E-state index in [1.165, 1.54) is 4.90 Å². The van der Waals surface area contributed by atoms with E-state index < -0.39 is 52.9 Å². The van der Waals surface area contributed by atoms with E-state index in [9.17, 15) is 44.0 Å². The second kappa shape index (κ2) is 26.4. The van der Waals surface area contributed by atoms with Crippen molar-refractivity contribution in [1.82, 2.24) is 40.3 Å². The lowest BCUT2D eigenvalue weighted by atomic mass is 9.85. The number of rotatable bonds is 21. The molecule has 0 radical (unpaired) electrons. The molecular weight excluding hydrogens is 1050 g/mol. The maximum absolute atomic E-state index is 14.6. The van der Waals surface area contributed by atoms with Crippen molar-refractivity contribution in [3.63, 3.8) is 0 Å². The lowest BCUT2D eigenvalue weighted by Crippen LogP contribution is -2.59. The second-order valence-corrected chi connectivity index (χ2v) is 23.4. The van der Waals surface area contributed by atoms with Gasteiger partial charge in [-0.2, -0.15) is 0 Å². The SMILES string of the molecule is Cc1ccc(CNC(=O)[C@@H]2C[C@@H](O)CN2C(=O)[C@@H](NC(=O)C2(F)CC2)C(C)(C)C)c(OCC(=O)NCCC(=O)NCCCCC#Cc2cccc(Cn3c(-c4ccccc4)c(-c4ccccc4)c4c(=N)n(C5CCC(O)CC5)cnc43)c2)c1. The maximum Gasteiger partial charge on any atom is 0.258 e. The Kier molecular flexibility index (Phi) is 18.9. The third-order valence-corrected chi connectivity index (χ3v) is 15.8. The molecule has 83 heavy (non-hydrogen) atoms. The zero-order valence-corrected chi connectivity index (χ0v) is 47.8. The van der Waals surface area contributed by atoms with Gasteiger partial charge >= 0.3 is 0 Å². The molecular formula is C65H76FN9O8. The van der Waals surface area contributed by atoms with Crippen LogP contribution in [0.25, 0.3) is 33.4 Å². The molecule has 5 amide bonds. The minimum atomic E-state index is -2.00. The number of aliphatic hydroxyl groups is 2. The number of unbranched alkanes of at least 4 members (excludes halogenated alkanes) is 2. The number of ether oxygens (including phenoxy) is 1. The number of benzene rings is 4. The highest BCUT2D eigenvalue weighted by Gasteiger charge is 2.53. The molecule has 1 aliphatic heterocycles. The van der Waals surface area contributed by atoms with Gasteiger partial charge in [0.2, 0.25) is 17.7 Å². The Morgan fingerprint density at radius 3 is 2.27 bits per heavy atom. The van der Waals surface area contributed by atoms with Crippen LogP contribution in [0.1, 0.15) is 120 Å². The molecule has 3 fully saturated rings. The van der Waals surface area contributed by atoms with Crippen molar-refractivity contribution < 1.29 is 43.3 Å². The first-order valence-corrected chi connectivity index (χ1v) is 28.9. The number of fused-ring (bicyclic) bond motifs is 1. The van der Waals surface area contributed by atoms with E-state index in [4.69, 9.17) is 9.72 Å². The molecule has 2 aromatic heterocycles. The topological polar surface area (TPSA) is 233 Å². The molecule has 0 unspecified atom stereocenters. The summed E-state index contributed by atoms with van der Waals surface area (Å²) in [5, 5.41) is 42.3. The van der Waals surface area contributed by atoms with Crippen LogP contribution >= 0.6 is 0 Å². The van der Waals surface area contributed by atoms with Gasteiger partial charge in [-0.15, -0.1) is 0 Å². The Labute approximate surface area is 483 Å². The van der Waals surface area contributed by atoms with Gasteiger partial charge < -0.3 is 50.3 Å². The van der Waals surface area contributed by atoms with Crippen LogP contribution in [0.15, 0.2) is 109 Å². The van der Waals surface area contributed by atoms with Crippen LogP contribution in [0, 0.1) is 29.6 Å². The van der Waals surface area contributed by atoms with Crippen LogP contribution in [0.4, 0.5) is 4.39 Å². The van der Waals surface area contributed by atoms with E-state index in [2.05, 4.69) is 74.1 Å². The average molecular weight is 1130 g/mol. The summed E-state index contributed by atoms with van der Waals surface area (Å²) < 4.78 is 24.7. The number of nitrogens with zero attached hydrogens (tertiary/aromatic N) is 4. The molecule has 0 bridgehead atoms. The molecule has 2 saturated carbocycles. The number of carbonyl (C=O) groups is 5. The summed E-state index contributed by atoms with van der Waals surface area (Å²) in [5.41, 5.74) is 5.65. The van der Waals surface area contributed by atoms with E-state index in [1.807, 2.05) is 66.1 Å². The highest BCUT2D eigenvalue weighted by molar-refractivity contribution is 6.03. The molecule has 3 aliphatic rings. The minimum Gasteiger partial charge on any atom is -0.483 e. The Morgan fingerprint density at radius 2 is 1.55 bits per heavy atom. The fraction of sp³-hybridized carbons (Fsp3) is 0.431. The largest absolute Gasteiger partial charge is 0.483 e. The summed E-state index contributed by atoms with van der Waals surface area (Å²) in [5.74, 6) is 4.38. The van der Waals surface area contributed by atoms with Crippen LogP contribution < -0.4 is 31.5 Å². The smallest absolute Gasteiger partial charge is 0.258 e. The molecule has 3 heterocycles. The zero-order chi connectivity index (χ0) is 58.8. The number of aromatic nitrogens is 3. The first kappa shape index (κ1) is 59.5. The normalized spacial score (nSPS) is 18.6. The molecule has 9 rings (SSSR count). The predicted molar refractivity (Wildman–Crippen MR) is 314 cm³/mol. The lowest BCUT2D eigenvalue weighted by Gasteiger charge is -2.35. The Morgan fingerprint density at radius 1 is 0.843 bits per heavy atom. The number of aryl methyl sites for hydroxylation is 1. The van der Waals surface area contributed by atoms with Gasteiger partial charge in [-0.1, -0.05) is 118 Å². The summed E-state index contributed by atoms with van der Waals surface area (Å²) in [4.78, 5) is 72.0. The monoisotopic (exact) mass is 1130 g/mol. The summed E-state index contributed by atoms with van der Waals surface area (Å²) >= 11 is 0. The maximum atomic E-state index is 14.6. The van der Waals surface area contributed by atoms with E-state index in [0.717, 1.165) is 75.8 Å². The molecule has 1 saturated heterocycles. The van der Waals surface area contributed by atoms with Crippen molar-refractivity contribution in [3.05, 3.63) is 137 Å². The Hall–Kier alpha value is -8.14. The summed E-state index contributed by atoms with van der Waals surface area (Å²) in [6, 6.07) is 31.9. The van der Waals surface area contributed by atoms with Crippen molar-refractivity contribution >= 4 is 40.6 Å². The number of likely N-dealkylation sites (tertiary alicyclic amines) is 1. The fourth-order valence-corrected chi connectivity index (χ4v) is 11.0. The van der Waals surface area contributed by atoms with E-state index in [1.54, 1.807) is 39.2 Å². The molecule has 2 aliphatic carbocycles. The molecule has 0 spiro atoms. The van der Waals surface area contributed by atoms with Crippen molar-refractivity contribution in [2.45, 2.75) is 147 Å². The molecule has 436 valence electrons. The zero-order valence-electron chi connectivity index (χ0n) is 47.8. The number of halogens is 1. The summed E-state index contributed by atoms with van der Waals surface area (Å²) in [6.07, 6.45) is 5.86. The van der Waals surface area contributed by atoms with E-state index >= 15 is 0 Å². The Bertz CT molecular complexity index is 3440. The van der Waals surface area contributed by atoms with Crippen molar-refractivity contribution in [2.75, 3.05) is 26.2 Å². The predicted octanol–water partition coefficient (Wildman–Crippen LogP) is 7.32. The van der Waals surface area contributed by atoms with Crippen LogP contribution in [-0.4, -0.2) is 115 Å². The standard InChI is InChI=1S/C65H76FN9O8/c1-42-23-24-47(37-70-61(80)51-36-50(77)39-73(51)62(81)58(64(2,3)4)72-63(82)65(66)30-31-65)52(34-42)83-40-54(79)69-33-29-53(78)68-32-14-6-5-9-16-43-17-15-18-44(35-43)38-74-57(46-21-12-8-13-22-46)55(45-19-10-7-11-20-45)56-59(67)75(41-71-60(56)74)48-25-27-49(76)28-26-48/h7-8,10-13,15,17-24,34-35,41,48-51,58,67,76-77H,5-6,14,25-33,36-40H2,1-4H3,(H,68,78)(H,69,79)(H,70,80)(H,72,82)/t48?,49?,50-,51+,58-/m1/s1.